The van der Waals surface area contributed by atoms with E-state index in [9.17, 15) is 9.59 Å². The van der Waals surface area contributed by atoms with Crippen molar-refractivity contribution in [1.82, 2.24) is 10.3 Å². The number of hydrogen-bond acceptors (Lipinski definition) is 5. The molecule has 1 aliphatic heterocycles. The fourth-order valence-electron chi connectivity index (χ4n) is 2.90. The average molecular weight is 453 g/mol. The molecule has 8 heteroatoms. The second-order valence-corrected chi connectivity index (χ2v) is 7.35. The van der Waals surface area contributed by atoms with E-state index >= 15 is 0 Å². The number of aromatic nitrogens is 1. The van der Waals surface area contributed by atoms with E-state index in [1.165, 1.54) is 11.1 Å². The molecule has 4 rings (SSSR count). The molecule has 1 aromatic heterocycles. The minimum Gasteiger partial charge on any atom is -0.301 e. The Balaban J connectivity index is 1.67. The minimum absolute atomic E-state index is 0.0498. The summed E-state index contributed by atoms with van der Waals surface area (Å²) in [5.41, 5.74) is 1.86. The molecule has 1 fully saturated rings. The number of nitrogens with one attached hydrogen (secondary N) is 1. The van der Waals surface area contributed by atoms with Gasteiger partial charge in [-0.3, -0.25) is 24.5 Å². The fourth-order valence-corrected chi connectivity index (χ4v) is 3.46. The second-order valence-electron chi connectivity index (χ2n) is 6.05. The number of anilines is 1. The Morgan fingerprint density at radius 1 is 1.11 bits per heavy atom. The molecule has 0 spiro atoms. The molecule has 1 atom stereocenters. The van der Waals surface area contributed by atoms with Crippen molar-refractivity contribution in [3.8, 4) is 0 Å². The largest absolute Gasteiger partial charge is 0.301 e. The van der Waals surface area contributed by atoms with Gasteiger partial charge in [-0.05, 0) is 48.6 Å². The molecule has 2 amide bonds. The molecule has 28 heavy (non-hydrogen) atoms. The lowest BCUT2D eigenvalue weighted by atomic mass is 10.1. The lowest BCUT2D eigenvalue weighted by Crippen LogP contribution is -2.58. The van der Waals surface area contributed by atoms with Gasteiger partial charge in [0, 0.05) is 22.3 Å². The standard InChI is InChI=1S/C20H13BrN4O2S/c21-13-6-8-14(9-7-13)25-19(27)15(18(26)24-20(25)28)11-23-16-5-1-3-12-4-2-10-22-17(12)16/h1-11,15H,(H,24,26,28)/t15-/m0/s1. The molecule has 0 unspecified atom stereocenters. The van der Waals surface area contributed by atoms with Crippen molar-refractivity contribution in [3.63, 3.8) is 0 Å². The van der Waals surface area contributed by atoms with E-state index in [2.05, 4.69) is 31.2 Å². The first kappa shape index (κ1) is 18.4. The highest BCUT2D eigenvalue weighted by Crippen LogP contribution is 2.25. The number of carbonyl (C=O) groups excluding carboxylic acids is 2. The van der Waals surface area contributed by atoms with Crippen LogP contribution >= 0.6 is 28.1 Å². The lowest BCUT2D eigenvalue weighted by molar-refractivity contribution is -0.130. The third-order valence-corrected chi connectivity index (χ3v) is 5.07. The van der Waals surface area contributed by atoms with Crippen LogP contribution in [0.4, 0.5) is 11.4 Å². The summed E-state index contributed by atoms with van der Waals surface area (Å²) in [6.07, 6.45) is 3.02. The van der Waals surface area contributed by atoms with Gasteiger partial charge in [-0.2, -0.15) is 0 Å². The van der Waals surface area contributed by atoms with Crippen LogP contribution in [0.25, 0.3) is 10.9 Å². The van der Waals surface area contributed by atoms with Gasteiger partial charge in [-0.25, -0.2) is 0 Å². The van der Waals surface area contributed by atoms with Crippen molar-refractivity contribution in [2.75, 3.05) is 4.90 Å². The summed E-state index contributed by atoms with van der Waals surface area (Å²) in [5, 5.41) is 3.55. The molecule has 0 bridgehead atoms. The van der Waals surface area contributed by atoms with Gasteiger partial charge in [0.1, 0.15) is 0 Å². The second kappa shape index (κ2) is 7.57. The van der Waals surface area contributed by atoms with Gasteiger partial charge in [-0.1, -0.05) is 34.1 Å². The Morgan fingerprint density at radius 2 is 1.86 bits per heavy atom. The zero-order valence-corrected chi connectivity index (χ0v) is 16.8. The summed E-state index contributed by atoms with van der Waals surface area (Å²) in [6, 6.07) is 16.4. The van der Waals surface area contributed by atoms with Gasteiger partial charge >= 0.3 is 0 Å². The molecule has 2 heterocycles. The first-order valence-corrected chi connectivity index (χ1v) is 9.57. The SMILES string of the molecule is O=C1NC(=S)N(c2ccc(Br)cc2)C(=O)[C@H]1C=Nc1cccc2cccnc12. The van der Waals surface area contributed by atoms with Gasteiger partial charge in [0.05, 0.1) is 16.9 Å². The predicted molar refractivity (Wildman–Crippen MR) is 116 cm³/mol. The molecule has 1 aliphatic rings. The topological polar surface area (TPSA) is 74.7 Å². The van der Waals surface area contributed by atoms with Crippen molar-refractivity contribution in [2.24, 2.45) is 10.9 Å². The molecule has 138 valence electrons. The van der Waals surface area contributed by atoms with Gasteiger partial charge < -0.3 is 5.32 Å². The number of carbonyl (C=O) groups is 2. The van der Waals surface area contributed by atoms with Crippen LogP contribution in [-0.2, 0) is 9.59 Å². The Bertz CT molecular complexity index is 1130. The number of thiocarbonyl (C=S) groups is 1. The predicted octanol–water partition coefficient (Wildman–Crippen LogP) is 3.76. The summed E-state index contributed by atoms with van der Waals surface area (Å²) in [4.78, 5) is 35.4. The summed E-state index contributed by atoms with van der Waals surface area (Å²) in [5.74, 6) is -2.04. The highest BCUT2D eigenvalue weighted by atomic mass is 79.9. The zero-order valence-electron chi connectivity index (χ0n) is 14.4. The summed E-state index contributed by atoms with van der Waals surface area (Å²) >= 11 is 8.56. The molecule has 0 radical (unpaired) electrons. The van der Waals surface area contributed by atoms with Crippen LogP contribution in [0.5, 0.6) is 0 Å². The number of rotatable bonds is 3. The number of amides is 2. The van der Waals surface area contributed by atoms with Crippen LogP contribution in [0.3, 0.4) is 0 Å². The van der Waals surface area contributed by atoms with Gasteiger partial charge in [0.15, 0.2) is 11.0 Å². The van der Waals surface area contributed by atoms with E-state index in [1.54, 1.807) is 36.5 Å². The van der Waals surface area contributed by atoms with Gasteiger partial charge in [0.25, 0.3) is 5.91 Å². The Labute approximate surface area is 174 Å². The molecule has 1 saturated heterocycles. The number of pyridine rings is 1. The highest BCUT2D eigenvalue weighted by Gasteiger charge is 2.38. The van der Waals surface area contributed by atoms with Crippen LogP contribution in [0.1, 0.15) is 0 Å². The quantitative estimate of drug-likeness (QED) is 0.372. The maximum atomic E-state index is 13.0. The van der Waals surface area contributed by atoms with Crippen LogP contribution in [0.2, 0.25) is 0 Å². The maximum Gasteiger partial charge on any atom is 0.251 e. The zero-order chi connectivity index (χ0) is 19.7. The van der Waals surface area contributed by atoms with Crippen molar-refractivity contribution >= 4 is 73.6 Å². The molecule has 6 nitrogen and oxygen atoms in total. The number of benzene rings is 2. The fraction of sp³-hybridized carbons (Fsp3) is 0.0500. The van der Waals surface area contributed by atoms with Gasteiger partial charge in [0.2, 0.25) is 5.91 Å². The van der Waals surface area contributed by atoms with Crippen molar-refractivity contribution in [1.29, 1.82) is 0 Å². The van der Waals surface area contributed by atoms with Gasteiger partial charge in [-0.15, -0.1) is 0 Å². The first-order valence-electron chi connectivity index (χ1n) is 8.37. The van der Waals surface area contributed by atoms with E-state index in [1.807, 2.05) is 24.3 Å². The molecular formula is C20H13BrN4O2S. The average Bonchev–Trinajstić information content (AvgIpc) is 2.69. The highest BCUT2D eigenvalue weighted by molar-refractivity contribution is 9.10. The van der Waals surface area contributed by atoms with Crippen LogP contribution in [0, 0.1) is 5.92 Å². The van der Waals surface area contributed by atoms with Crippen LogP contribution in [-0.4, -0.2) is 28.1 Å². The minimum atomic E-state index is -1.09. The van der Waals surface area contributed by atoms with Crippen LogP contribution in [0.15, 0.2) is 70.3 Å². The number of nitrogens with zero attached hydrogens (tertiary/aromatic N) is 3. The molecule has 0 saturated carbocycles. The van der Waals surface area contributed by atoms with Crippen molar-refractivity contribution in [2.45, 2.75) is 0 Å². The Kier molecular flexibility index (Phi) is 4.97. The first-order chi connectivity index (χ1) is 13.5. The number of para-hydroxylation sites is 1. The normalized spacial score (nSPS) is 17.4. The number of halogens is 1. The molecule has 3 aromatic rings. The molecule has 0 aliphatic carbocycles. The van der Waals surface area contributed by atoms with E-state index in [-0.39, 0.29) is 5.11 Å². The molecule has 1 N–H and O–H groups in total. The molecule has 2 aromatic carbocycles. The summed E-state index contributed by atoms with van der Waals surface area (Å²) in [7, 11) is 0. The molecular weight excluding hydrogens is 440 g/mol. The summed E-state index contributed by atoms with van der Waals surface area (Å²) in [6.45, 7) is 0. The van der Waals surface area contributed by atoms with E-state index in [4.69, 9.17) is 12.2 Å². The monoisotopic (exact) mass is 452 g/mol. The Morgan fingerprint density at radius 3 is 2.64 bits per heavy atom. The Hall–Kier alpha value is -2.97. The van der Waals surface area contributed by atoms with Crippen molar-refractivity contribution < 1.29 is 9.59 Å². The summed E-state index contributed by atoms with van der Waals surface area (Å²) < 4.78 is 0.872. The number of fused-ring (bicyclic) bond motifs is 1. The van der Waals surface area contributed by atoms with Crippen LogP contribution < -0.4 is 10.2 Å². The number of aliphatic imine (C=N–C) groups is 1. The van der Waals surface area contributed by atoms with E-state index in [0.29, 0.717) is 16.9 Å². The lowest BCUT2D eigenvalue weighted by Gasteiger charge is -2.30. The third kappa shape index (κ3) is 3.44. The van der Waals surface area contributed by atoms with Crippen molar-refractivity contribution in [3.05, 3.63) is 65.3 Å². The third-order valence-electron chi connectivity index (χ3n) is 4.26. The van der Waals surface area contributed by atoms with E-state index in [0.717, 1.165) is 9.86 Å². The maximum absolute atomic E-state index is 13.0. The smallest absolute Gasteiger partial charge is 0.251 e. The number of hydrogen-bond donors (Lipinski definition) is 1. The van der Waals surface area contributed by atoms with E-state index < -0.39 is 17.7 Å².